The molecule has 0 amide bonds. The van der Waals surface area contributed by atoms with E-state index in [1.165, 1.54) is 25.1 Å². The summed E-state index contributed by atoms with van der Waals surface area (Å²) in [6.45, 7) is 1.51. The van der Waals surface area contributed by atoms with E-state index in [9.17, 15) is 23.9 Å². The number of hydrogen-bond acceptors (Lipinski definition) is 5. The van der Waals surface area contributed by atoms with E-state index in [4.69, 9.17) is 4.42 Å². The Morgan fingerprint density at radius 2 is 1.61 bits per heavy atom. The molecule has 0 radical (unpaired) electrons. The minimum atomic E-state index is -1.27. The first kappa shape index (κ1) is 17.9. The van der Waals surface area contributed by atoms with Crippen LogP contribution in [-0.2, 0) is 0 Å². The molecular formula is C22H15FO5. The Morgan fingerprint density at radius 3 is 2.21 bits per heavy atom. The Morgan fingerprint density at radius 1 is 0.964 bits per heavy atom. The van der Waals surface area contributed by atoms with Crippen LogP contribution in [0.15, 0.2) is 63.8 Å². The quantitative estimate of drug-likeness (QED) is 0.704. The van der Waals surface area contributed by atoms with Crippen LogP contribution in [-0.4, -0.2) is 16.7 Å². The monoisotopic (exact) mass is 378 g/mol. The van der Waals surface area contributed by atoms with Crippen molar-refractivity contribution in [1.29, 1.82) is 0 Å². The third-order valence-corrected chi connectivity index (χ3v) is 4.92. The van der Waals surface area contributed by atoms with Crippen LogP contribution in [0.3, 0.4) is 0 Å². The Balaban J connectivity index is 1.97. The summed E-state index contributed by atoms with van der Waals surface area (Å²) in [5, 5.41) is 10.4. The van der Waals surface area contributed by atoms with Crippen LogP contribution >= 0.6 is 0 Å². The fourth-order valence-electron chi connectivity index (χ4n) is 3.70. The van der Waals surface area contributed by atoms with Gasteiger partial charge >= 0.3 is 0 Å². The van der Waals surface area contributed by atoms with Crippen molar-refractivity contribution in [2.75, 3.05) is 0 Å². The van der Waals surface area contributed by atoms with Crippen LogP contribution in [0.4, 0.5) is 4.39 Å². The highest BCUT2D eigenvalue weighted by Crippen LogP contribution is 2.42. The van der Waals surface area contributed by atoms with Crippen molar-refractivity contribution >= 4 is 11.6 Å². The number of carbonyl (C=O) groups excluding carboxylic acids is 2. The molecule has 0 saturated carbocycles. The molecule has 6 heteroatoms. The summed E-state index contributed by atoms with van der Waals surface area (Å²) in [6.07, 6.45) is 0. The molecule has 0 bridgehead atoms. The van der Waals surface area contributed by atoms with Crippen molar-refractivity contribution in [1.82, 2.24) is 0 Å². The standard InChI is InChI=1S/C22H15FO5/c1-11-9-16(24)21(27)22(28-11)17(12-5-4-6-13(23)10-12)18-19(25)14-7-2-3-8-15(14)20(18)26/h2-10,17-18,27H,1H3. The topological polar surface area (TPSA) is 84.6 Å². The van der Waals surface area contributed by atoms with Gasteiger partial charge in [-0.3, -0.25) is 14.4 Å². The number of Topliss-reactive ketones (excluding diaryl/α,β-unsaturated/α-hetero) is 2. The number of fused-ring (bicyclic) bond motifs is 1. The Kier molecular flexibility index (Phi) is 4.19. The van der Waals surface area contributed by atoms with Gasteiger partial charge in [0.05, 0.1) is 11.8 Å². The third kappa shape index (κ3) is 2.74. The highest BCUT2D eigenvalue weighted by molar-refractivity contribution is 6.27. The Labute approximate surface area is 159 Å². The second-order valence-corrected chi connectivity index (χ2v) is 6.72. The fraction of sp³-hybridized carbons (Fsp3) is 0.136. The van der Waals surface area contributed by atoms with Gasteiger partial charge in [-0.05, 0) is 24.6 Å². The molecule has 3 aromatic rings. The third-order valence-electron chi connectivity index (χ3n) is 4.92. The predicted octanol–water partition coefficient (Wildman–Crippen LogP) is 3.62. The number of hydrogen-bond donors (Lipinski definition) is 1. The van der Waals surface area contributed by atoms with Gasteiger partial charge in [0.1, 0.15) is 11.6 Å². The second kappa shape index (κ2) is 6.56. The molecule has 1 unspecified atom stereocenters. The summed E-state index contributed by atoms with van der Waals surface area (Å²) in [6, 6.07) is 12.8. The predicted molar refractivity (Wildman–Crippen MR) is 98.2 cm³/mol. The van der Waals surface area contributed by atoms with E-state index in [1.807, 2.05) is 0 Å². The van der Waals surface area contributed by atoms with Crippen LogP contribution in [0, 0.1) is 18.7 Å². The zero-order chi connectivity index (χ0) is 20.0. The molecule has 140 valence electrons. The van der Waals surface area contributed by atoms with Crippen LogP contribution < -0.4 is 5.43 Å². The molecule has 4 rings (SSSR count). The van der Waals surface area contributed by atoms with E-state index in [0.717, 1.165) is 12.1 Å². The first-order valence-corrected chi connectivity index (χ1v) is 8.65. The van der Waals surface area contributed by atoms with Crippen molar-refractivity contribution in [3.05, 3.63) is 98.8 Å². The van der Waals surface area contributed by atoms with Crippen LogP contribution in [0.2, 0.25) is 0 Å². The molecule has 0 saturated heterocycles. The average Bonchev–Trinajstić information content (AvgIpc) is 2.91. The lowest BCUT2D eigenvalue weighted by Gasteiger charge is -2.22. The molecule has 0 aliphatic heterocycles. The molecule has 1 N–H and O–H groups in total. The molecular weight excluding hydrogens is 363 g/mol. The van der Waals surface area contributed by atoms with Gasteiger partial charge in [0, 0.05) is 17.2 Å². The number of benzene rings is 2. The first-order chi connectivity index (χ1) is 13.4. The van der Waals surface area contributed by atoms with Gasteiger partial charge in [-0.2, -0.15) is 0 Å². The number of aromatic hydroxyl groups is 1. The van der Waals surface area contributed by atoms with Gasteiger partial charge in [0.2, 0.25) is 11.2 Å². The van der Waals surface area contributed by atoms with Crippen molar-refractivity contribution in [2.24, 2.45) is 5.92 Å². The average molecular weight is 378 g/mol. The first-order valence-electron chi connectivity index (χ1n) is 8.65. The van der Waals surface area contributed by atoms with E-state index in [2.05, 4.69) is 0 Å². The zero-order valence-electron chi connectivity index (χ0n) is 14.8. The minimum Gasteiger partial charge on any atom is -0.502 e. The van der Waals surface area contributed by atoms with Gasteiger partial charge in [-0.15, -0.1) is 0 Å². The lowest BCUT2D eigenvalue weighted by molar-refractivity contribution is 0.0816. The fourth-order valence-corrected chi connectivity index (χ4v) is 3.70. The maximum atomic E-state index is 13.9. The van der Waals surface area contributed by atoms with E-state index >= 15 is 0 Å². The van der Waals surface area contributed by atoms with Crippen LogP contribution in [0.5, 0.6) is 5.75 Å². The van der Waals surface area contributed by atoms with Gasteiger partial charge in [0.15, 0.2) is 17.3 Å². The molecule has 0 fully saturated rings. The molecule has 1 aliphatic carbocycles. The summed E-state index contributed by atoms with van der Waals surface area (Å²) in [7, 11) is 0. The SMILES string of the molecule is Cc1cc(=O)c(O)c(C(c2cccc(F)c2)C2C(=O)c3ccccc3C2=O)o1. The van der Waals surface area contributed by atoms with Crippen molar-refractivity contribution in [2.45, 2.75) is 12.8 Å². The summed E-state index contributed by atoms with van der Waals surface area (Å²) >= 11 is 0. The van der Waals surface area contributed by atoms with E-state index in [-0.39, 0.29) is 28.2 Å². The smallest absolute Gasteiger partial charge is 0.227 e. The van der Waals surface area contributed by atoms with Gasteiger partial charge in [-0.25, -0.2) is 4.39 Å². The van der Waals surface area contributed by atoms with Gasteiger partial charge in [-0.1, -0.05) is 36.4 Å². The van der Waals surface area contributed by atoms with Crippen molar-refractivity contribution < 1.29 is 23.5 Å². The maximum Gasteiger partial charge on any atom is 0.227 e. The highest BCUT2D eigenvalue weighted by Gasteiger charge is 2.46. The Hall–Kier alpha value is -3.54. The molecule has 1 heterocycles. The summed E-state index contributed by atoms with van der Waals surface area (Å²) in [5.74, 6) is -4.63. The summed E-state index contributed by atoms with van der Waals surface area (Å²) in [4.78, 5) is 38.2. The lowest BCUT2D eigenvalue weighted by atomic mass is 9.80. The van der Waals surface area contributed by atoms with E-state index in [0.29, 0.717) is 0 Å². The van der Waals surface area contributed by atoms with Crippen LogP contribution in [0.1, 0.15) is 43.7 Å². The van der Waals surface area contributed by atoms with Gasteiger partial charge < -0.3 is 9.52 Å². The molecule has 28 heavy (non-hydrogen) atoms. The summed E-state index contributed by atoms with van der Waals surface area (Å²) in [5.41, 5.74) is 0.0703. The normalized spacial score (nSPS) is 14.9. The molecule has 1 atom stereocenters. The highest BCUT2D eigenvalue weighted by atomic mass is 19.1. The summed E-state index contributed by atoms with van der Waals surface area (Å²) < 4.78 is 19.5. The van der Waals surface area contributed by atoms with Crippen LogP contribution in [0.25, 0.3) is 0 Å². The zero-order valence-corrected chi connectivity index (χ0v) is 14.8. The number of ketones is 2. The molecule has 1 aliphatic rings. The molecule has 0 spiro atoms. The number of rotatable bonds is 3. The van der Waals surface area contributed by atoms with Crippen molar-refractivity contribution in [3.8, 4) is 5.75 Å². The van der Waals surface area contributed by atoms with Gasteiger partial charge in [0.25, 0.3) is 0 Å². The van der Waals surface area contributed by atoms with E-state index < -0.39 is 40.4 Å². The maximum absolute atomic E-state index is 13.9. The molecule has 5 nitrogen and oxygen atoms in total. The Bertz CT molecular complexity index is 1140. The molecule has 1 aromatic heterocycles. The second-order valence-electron chi connectivity index (χ2n) is 6.72. The van der Waals surface area contributed by atoms with E-state index in [1.54, 1.807) is 24.3 Å². The van der Waals surface area contributed by atoms with Crippen molar-refractivity contribution in [3.63, 3.8) is 0 Å². The number of aryl methyl sites for hydroxylation is 1. The molecule has 2 aromatic carbocycles. The lowest BCUT2D eigenvalue weighted by Crippen LogP contribution is -2.26. The number of carbonyl (C=O) groups is 2. The largest absolute Gasteiger partial charge is 0.502 e. The minimum absolute atomic E-state index is 0.203. The number of halogens is 1.